The Hall–Kier alpha value is -1.63. The fourth-order valence-electron chi connectivity index (χ4n) is 4.91. The summed E-state index contributed by atoms with van der Waals surface area (Å²) in [6.45, 7) is 2.22. The van der Waals surface area contributed by atoms with Crippen LogP contribution < -0.4 is 4.57 Å². The van der Waals surface area contributed by atoms with Gasteiger partial charge in [-0.2, -0.15) is 4.57 Å². The molecule has 1 fully saturated rings. The molecule has 1 nitrogen and oxygen atoms in total. The van der Waals surface area contributed by atoms with Crippen molar-refractivity contribution in [3.63, 3.8) is 0 Å². The first-order valence-corrected chi connectivity index (χ1v) is 9.25. The van der Waals surface area contributed by atoms with Crippen LogP contribution in [0.1, 0.15) is 55.3 Å². The molecule has 2 aromatic rings. The molecule has 2 aliphatic rings. The Kier molecular flexibility index (Phi) is 3.75. The number of fused-ring (bicyclic) bond motifs is 1. The van der Waals surface area contributed by atoms with Gasteiger partial charge >= 0.3 is 0 Å². The minimum atomic E-state index is 0.605. The molecule has 23 heavy (non-hydrogen) atoms. The maximum atomic E-state index is 2.49. The van der Waals surface area contributed by atoms with Gasteiger partial charge in [0.2, 0.25) is 5.69 Å². The summed E-state index contributed by atoms with van der Waals surface area (Å²) in [7, 11) is 2.28. The van der Waals surface area contributed by atoms with Crippen LogP contribution >= 0.6 is 0 Å². The summed E-state index contributed by atoms with van der Waals surface area (Å²) >= 11 is 0. The van der Waals surface area contributed by atoms with E-state index in [1.165, 1.54) is 68.2 Å². The molecule has 0 aliphatic heterocycles. The monoisotopic (exact) mass is 306 g/mol. The van der Waals surface area contributed by atoms with Crippen LogP contribution in [0.5, 0.6) is 0 Å². The average Bonchev–Trinajstić information content (AvgIpc) is 2.58. The molecule has 1 aromatic carbocycles. The Bertz CT molecular complexity index is 723. The van der Waals surface area contributed by atoms with Gasteiger partial charge in [0.1, 0.15) is 7.05 Å². The summed E-state index contributed by atoms with van der Waals surface area (Å²) in [6, 6.07) is 13.5. The fraction of sp³-hybridized carbons (Fsp3) is 0.500. The van der Waals surface area contributed by atoms with Crippen LogP contribution in [0.2, 0.25) is 0 Å². The first kappa shape index (κ1) is 14.9. The number of aromatic nitrogens is 1. The highest BCUT2D eigenvalue weighted by molar-refractivity contribution is 5.61. The van der Waals surface area contributed by atoms with Gasteiger partial charge in [0.15, 0.2) is 5.69 Å². The zero-order valence-corrected chi connectivity index (χ0v) is 14.6. The molecule has 1 heterocycles. The maximum Gasteiger partial charge on any atom is 0.212 e. The summed E-state index contributed by atoms with van der Waals surface area (Å²) in [5.74, 6) is 0. The van der Waals surface area contributed by atoms with Crippen molar-refractivity contribution >= 4 is 0 Å². The van der Waals surface area contributed by atoms with Crippen molar-refractivity contribution in [3.05, 3.63) is 53.2 Å². The Balaban J connectivity index is 1.77. The van der Waals surface area contributed by atoms with E-state index in [1.54, 1.807) is 11.3 Å². The maximum absolute atomic E-state index is 2.49. The van der Waals surface area contributed by atoms with Crippen molar-refractivity contribution in [2.24, 2.45) is 12.5 Å². The van der Waals surface area contributed by atoms with Crippen LogP contribution in [0.25, 0.3) is 11.3 Å². The number of benzene rings is 1. The van der Waals surface area contributed by atoms with Crippen molar-refractivity contribution in [2.75, 3.05) is 0 Å². The summed E-state index contributed by atoms with van der Waals surface area (Å²) < 4.78 is 2.49. The molecular formula is C22H28N+. The lowest BCUT2D eigenvalue weighted by Gasteiger charge is -2.39. The SMILES string of the molecule is Cc1ccccc1-c1ccc2c([n+]1C)CC1(CCCCC1)CC2. The number of aryl methyl sites for hydroxylation is 2. The third-order valence-corrected chi connectivity index (χ3v) is 6.38. The van der Waals surface area contributed by atoms with Crippen molar-refractivity contribution < 1.29 is 4.57 Å². The number of pyridine rings is 1. The second-order valence-corrected chi connectivity index (χ2v) is 7.80. The molecule has 1 aromatic heterocycles. The quantitative estimate of drug-likeness (QED) is 0.658. The topological polar surface area (TPSA) is 3.88 Å². The minimum Gasteiger partial charge on any atom is -0.198 e. The van der Waals surface area contributed by atoms with Gasteiger partial charge in [0.25, 0.3) is 0 Å². The zero-order valence-electron chi connectivity index (χ0n) is 14.6. The van der Waals surface area contributed by atoms with E-state index >= 15 is 0 Å². The van der Waals surface area contributed by atoms with Crippen molar-refractivity contribution in [1.82, 2.24) is 0 Å². The van der Waals surface area contributed by atoms with Crippen LogP contribution in [0.4, 0.5) is 0 Å². The van der Waals surface area contributed by atoms with Gasteiger partial charge in [-0.3, -0.25) is 0 Å². The highest BCUT2D eigenvalue weighted by atomic mass is 15.0. The van der Waals surface area contributed by atoms with E-state index in [2.05, 4.69) is 54.9 Å². The summed E-state index contributed by atoms with van der Waals surface area (Å²) in [6.07, 6.45) is 11.2. The molecule has 1 heteroatoms. The number of nitrogens with zero attached hydrogens (tertiary/aromatic N) is 1. The molecule has 0 unspecified atom stereocenters. The van der Waals surface area contributed by atoms with Gasteiger partial charge < -0.3 is 0 Å². The van der Waals surface area contributed by atoms with Crippen LogP contribution in [0.3, 0.4) is 0 Å². The summed E-state index contributed by atoms with van der Waals surface area (Å²) in [5.41, 5.74) is 7.90. The van der Waals surface area contributed by atoms with Crippen LogP contribution in [-0.4, -0.2) is 0 Å². The smallest absolute Gasteiger partial charge is 0.198 e. The van der Waals surface area contributed by atoms with Crippen molar-refractivity contribution in [3.8, 4) is 11.3 Å². The van der Waals surface area contributed by atoms with Gasteiger partial charge in [-0.15, -0.1) is 0 Å². The van der Waals surface area contributed by atoms with E-state index in [0.717, 1.165) is 0 Å². The van der Waals surface area contributed by atoms with E-state index in [9.17, 15) is 0 Å². The first-order valence-electron chi connectivity index (χ1n) is 9.25. The Labute approximate surface area is 140 Å². The third kappa shape index (κ3) is 2.60. The third-order valence-electron chi connectivity index (χ3n) is 6.38. The molecule has 1 spiro atoms. The number of hydrogen-bond donors (Lipinski definition) is 0. The van der Waals surface area contributed by atoms with Gasteiger partial charge in [-0.25, -0.2) is 0 Å². The Morgan fingerprint density at radius 3 is 2.48 bits per heavy atom. The molecule has 120 valence electrons. The normalized spacial score (nSPS) is 19.6. The highest BCUT2D eigenvalue weighted by Crippen LogP contribution is 2.45. The predicted molar refractivity (Wildman–Crippen MR) is 95.3 cm³/mol. The molecular weight excluding hydrogens is 278 g/mol. The van der Waals surface area contributed by atoms with Gasteiger partial charge in [0, 0.05) is 23.6 Å². The standard InChI is InChI=1S/C22H28N/c1-17-8-4-5-9-19(17)20-11-10-18-12-15-22(13-6-3-7-14-22)16-21(18)23(20)2/h4-5,8-11H,3,6-7,12-16H2,1-2H3/q+1. The van der Waals surface area contributed by atoms with E-state index in [4.69, 9.17) is 0 Å². The summed E-state index contributed by atoms with van der Waals surface area (Å²) in [4.78, 5) is 0. The molecule has 0 saturated heterocycles. The van der Waals surface area contributed by atoms with E-state index < -0.39 is 0 Å². The summed E-state index contributed by atoms with van der Waals surface area (Å²) in [5, 5.41) is 0. The second-order valence-electron chi connectivity index (χ2n) is 7.80. The van der Waals surface area contributed by atoms with Crippen molar-refractivity contribution in [1.29, 1.82) is 0 Å². The molecule has 4 rings (SSSR count). The molecule has 0 bridgehead atoms. The van der Waals surface area contributed by atoms with Crippen LogP contribution in [-0.2, 0) is 19.9 Å². The fourth-order valence-corrected chi connectivity index (χ4v) is 4.91. The van der Waals surface area contributed by atoms with Gasteiger partial charge in [0.05, 0.1) is 0 Å². The van der Waals surface area contributed by atoms with Crippen LogP contribution in [0.15, 0.2) is 36.4 Å². The number of hydrogen-bond acceptors (Lipinski definition) is 0. The predicted octanol–water partition coefficient (Wildman–Crippen LogP) is 4.93. The molecule has 2 aliphatic carbocycles. The molecule has 0 N–H and O–H groups in total. The number of rotatable bonds is 1. The Morgan fingerprint density at radius 1 is 0.913 bits per heavy atom. The molecule has 0 radical (unpaired) electrons. The van der Waals surface area contributed by atoms with Crippen LogP contribution in [0, 0.1) is 12.3 Å². The van der Waals surface area contributed by atoms with Gasteiger partial charge in [-0.1, -0.05) is 37.5 Å². The first-order chi connectivity index (χ1) is 11.2. The molecule has 1 saturated carbocycles. The van der Waals surface area contributed by atoms with Gasteiger partial charge in [-0.05, 0) is 55.7 Å². The Morgan fingerprint density at radius 2 is 1.70 bits per heavy atom. The minimum absolute atomic E-state index is 0.605. The van der Waals surface area contributed by atoms with Crippen molar-refractivity contribution in [2.45, 2.75) is 58.3 Å². The lowest BCUT2D eigenvalue weighted by atomic mass is 9.65. The second kappa shape index (κ2) is 5.78. The lowest BCUT2D eigenvalue weighted by Crippen LogP contribution is -2.44. The molecule has 0 atom stereocenters. The lowest BCUT2D eigenvalue weighted by molar-refractivity contribution is -0.669. The van der Waals surface area contributed by atoms with E-state index in [0.29, 0.717) is 5.41 Å². The van der Waals surface area contributed by atoms with E-state index in [1.807, 2.05) is 0 Å². The zero-order chi connectivity index (χ0) is 15.9. The van der Waals surface area contributed by atoms with E-state index in [-0.39, 0.29) is 0 Å². The highest BCUT2D eigenvalue weighted by Gasteiger charge is 2.39. The largest absolute Gasteiger partial charge is 0.212 e. The molecule has 0 amide bonds. The average molecular weight is 306 g/mol.